The van der Waals surface area contributed by atoms with Crippen LogP contribution < -0.4 is 0 Å². The largest absolute Gasteiger partial charge is 0.252 e. The van der Waals surface area contributed by atoms with E-state index in [4.69, 9.17) is 9.97 Å². The molecule has 39 heavy (non-hydrogen) atoms. The SMILES string of the molecule is C1=CCc2nc(-c3ccc(-c4cc(-c5ccccc5)c5ccccc5n4)cc3)cc(-c3ccccc3)c2C=C1. The van der Waals surface area contributed by atoms with Gasteiger partial charge in [-0.15, -0.1) is 0 Å². The number of hydrogen-bond acceptors (Lipinski definition) is 2. The summed E-state index contributed by atoms with van der Waals surface area (Å²) in [5.41, 5.74) is 12.2. The van der Waals surface area contributed by atoms with Gasteiger partial charge in [0, 0.05) is 28.5 Å². The molecule has 0 fully saturated rings. The molecule has 0 unspecified atom stereocenters. The summed E-state index contributed by atoms with van der Waals surface area (Å²) >= 11 is 0. The van der Waals surface area contributed by atoms with Crippen molar-refractivity contribution in [2.24, 2.45) is 0 Å². The third kappa shape index (κ3) is 4.47. The number of aromatic nitrogens is 2. The molecule has 0 aliphatic heterocycles. The maximum Gasteiger partial charge on any atom is 0.0715 e. The van der Waals surface area contributed by atoms with Gasteiger partial charge in [0.2, 0.25) is 0 Å². The highest BCUT2D eigenvalue weighted by Crippen LogP contribution is 2.35. The van der Waals surface area contributed by atoms with Crippen LogP contribution in [0.3, 0.4) is 0 Å². The van der Waals surface area contributed by atoms with Crippen molar-refractivity contribution in [1.82, 2.24) is 9.97 Å². The lowest BCUT2D eigenvalue weighted by atomic mass is 9.95. The number of rotatable bonds is 4. The Morgan fingerprint density at radius 3 is 1.79 bits per heavy atom. The van der Waals surface area contributed by atoms with E-state index < -0.39 is 0 Å². The number of pyridine rings is 2. The van der Waals surface area contributed by atoms with Gasteiger partial charge >= 0.3 is 0 Å². The summed E-state index contributed by atoms with van der Waals surface area (Å²) in [5.74, 6) is 0. The molecule has 184 valence electrons. The van der Waals surface area contributed by atoms with E-state index in [1.54, 1.807) is 0 Å². The molecule has 4 aromatic carbocycles. The maximum absolute atomic E-state index is 5.11. The van der Waals surface area contributed by atoms with Gasteiger partial charge in [-0.05, 0) is 40.5 Å². The molecule has 1 aliphatic rings. The van der Waals surface area contributed by atoms with Crippen LogP contribution in [0.15, 0.2) is 140 Å². The summed E-state index contributed by atoms with van der Waals surface area (Å²) < 4.78 is 0. The Kier molecular flexibility index (Phi) is 5.91. The van der Waals surface area contributed by atoms with Crippen molar-refractivity contribution < 1.29 is 0 Å². The molecule has 0 radical (unpaired) electrons. The lowest BCUT2D eigenvalue weighted by Gasteiger charge is -2.14. The van der Waals surface area contributed by atoms with E-state index in [1.165, 1.54) is 27.8 Å². The van der Waals surface area contributed by atoms with Crippen molar-refractivity contribution in [3.8, 4) is 44.8 Å². The van der Waals surface area contributed by atoms with Crippen LogP contribution in [0.25, 0.3) is 61.7 Å². The molecule has 0 spiro atoms. The Balaban J connectivity index is 1.32. The fourth-order valence-electron chi connectivity index (χ4n) is 5.36. The molecule has 2 nitrogen and oxygen atoms in total. The zero-order valence-electron chi connectivity index (χ0n) is 21.5. The highest BCUT2D eigenvalue weighted by Gasteiger charge is 2.15. The van der Waals surface area contributed by atoms with Crippen molar-refractivity contribution >= 4 is 17.0 Å². The Bertz CT molecular complexity index is 1850. The number of nitrogens with zero attached hydrogens (tertiary/aromatic N) is 2. The molecule has 2 aromatic heterocycles. The molecule has 0 atom stereocenters. The topological polar surface area (TPSA) is 25.8 Å². The molecule has 6 aromatic rings. The molecule has 2 heteroatoms. The van der Waals surface area contributed by atoms with E-state index >= 15 is 0 Å². The Morgan fingerprint density at radius 1 is 0.487 bits per heavy atom. The molecular formula is C37H26N2. The lowest BCUT2D eigenvalue weighted by molar-refractivity contribution is 1.11. The zero-order valence-corrected chi connectivity index (χ0v) is 21.5. The highest BCUT2D eigenvalue weighted by molar-refractivity contribution is 5.96. The molecule has 7 rings (SSSR count). The van der Waals surface area contributed by atoms with Crippen LogP contribution in [-0.4, -0.2) is 9.97 Å². The van der Waals surface area contributed by atoms with Crippen LogP contribution in [0.2, 0.25) is 0 Å². The van der Waals surface area contributed by atoms with Crippen molar-refractivity contribution in [2.45, 2.75) is 6.42 Å². The molecule has 0 bridgehead atoms. The van der Waals surface area contributed by atoms with E-state index in [0.717, 1.165) is 45.5 Å². The van der Waals surface area contributed by atoms with Gasteiger partial charge in [0.05, 0.1) is 22.6 Å². The first-order valence-corrected chi connectivity index (χ1v) is 13.3. The van der Waals surface area contributed by atoms with Gasteiger partial charge < -0.3 is 0 Å². The highest BCUT2D eigenvalue weighted by atomic mass is 14.7. The van der Waals surface area contributed by atoms with Crippen LogP contribution in [0, 0.1) is 0 Å². The first-order valence-electron chi connectivity index (χ1n) is 13.3. The number of fused-ring (bicyclic) bond motifs is 2. The smallest absolute Gasteiger partial charge is 0.0715 e. The number of allylic oxidation sites excluding steroid dienone is 3. The standard InChI is InChI=1S/C37H26N2/c1-4-12-26(13-5-1)32-24-36(38-34-18-9-3-8-16-30(32)34)28-20-22-29(23-21-28)37-25-33(27-14-6-2-7-15-27)31-17-10-11-19-35(31)39-37/h1-17,19-25H,18H2. The maximum atomic E-state index is 5.11. The summed E-state index contributed by atoms with van der Waals surface area (Å²) in [6.45, 7) is 0. The second kappa shape index (κ2) is 10.00. The Labute approximate surface area is 228 Å². The van der Waals surface area contributed by atoms with Gasteiger partial charge in [0.1, 0.15) is 0 Å². The minimum atomic E-state index is 0.817. The summed E-state index contributed by atoms with van der Waals surface area (Å²) in [7, 11) is 0. The lowest BCUT2D eigenvalue weighted by Crippen LogP contribution is -1.98. The van der Waals surface area contributed by atoms with Gasteiger partial charge in [0.15, 0.2) is 0 Å². The zero-order chi connectivity index (χ0) is 26.0. The fourth-order valence-corrected chi connectivity index (χ4v) is 5.36. The molecular weight excluding hydrogens is 472 g/mol. The molecule has 1 aliphatic carbocycles. The van der Waals surface area contributed by atoms with Gasteiger partial charge in [-0.25, -0.2) is 4.98 Å². The normalized spacial score (nSPS) is 12.3. The van der Waals surface area contributed by atoms with Gasteiger partial charge in [0.25, 0.3) is 0 Å². The van der Waals surface area contributed by atoms with Crippen molar-refractivity contribution in [3.05, 3.63) is 151 Å². The van der Waals surface area contributed by atoms with E-state index in [1.807, 2.05) is 0 Å². The second-order valence-corrected chi connectivity index (χ2v) is 9.79. The van der Waals surface area contributed by atoms with Crippen LogP contribution in [0.1, 0.15) is 11.3 Å². The van der Waals surface area contributed by atoms with E-state index in [-0.39, 0.29) is 0 Å². The molecule has 0 saturated heterocycles. The fraction of sp³-hybridized carbons (Fsp3) is 0.0270. The minimum absolute atomic E-state index is 0.817. The number of benzene rings is 4. The average Bonchev–Trinajstić information content (AvgIpc) is 3.27. The Morgan fingerprint density at radius 2 is 1.08 bits per heavy atom. The molecule has 0 N–H and O–H groups in total. The first kappa shape index (κ1) is 23.1. The second-order valence-electron chi connectivity index (χ2n) is 9.79. The summed E-state index contributed by atoms with van der Waals surface area (Å²) in [6, 6.07) is 42.6. The predicted octanol–water partition coefficient (Wildman–Crippen LogP) is 9.42. The third-order valence-corrected chi connectivity index (χ3v) is 7.32. The quantitative estimate of drug-likeness (QED) is 0.242. The summed E-state index contributed by atoms with van der Waals surface area (Å²) in [5, 5.41) is 1.16. The van der Waals surface area contributed by atoms with Crippen molar-refractivity contribution in [3.63, 3.8) is 0 Å². The monoisotopic (exact) mass is 498 g/mol. The predicted molar refractivity (Wildman–Crippen MR) is 163 cm³/mol. The van der Waals surface area contributed by atoms with Gasteiger partial charge in [-0.3, -0.25) is 4.98 Å². The van der Waals surface area contributed by atoms with Crippen LogP contribution >= 0.6 is 0 Å². The summed E-state index contributed by atoms with van der Waals surface area (Å²) in [4.78, 5) is 10.1. The van der Waals surface area contributed by atoms with Crippen LogP contribution in [-0.2, 0) is 6.42 Å². The molecule has 0 amide bonds. The summed E-state index contributed by atoms with van der Waals surface area (Å²) in [6.07, 6.45) is 9.38. The molecule has 0 saturated carbocycles. The molecule has 2 heterocycles. The number of para-hydroxylation sites is 1. The first-order chi connectivity index (χ1) is 19.3. The minimum Gasteiger partial charge on any atom is -0.252 e. The Hall–Kier alpha value is -5.08. The third-order valence-electron chi connectivity index (χ3n) is 7.32. The van der Waals surface area contributed by atoms with E-state index in [2.05, 4.69) is 146 Å². The van der Waals surface area contributed by atoms with Crippen LogP contribution in [0.5, 0.6) is 0 Å². The van der Waals surface area contributed by atoms with Crippen molar-refractivity contribution in [1.29, 1.82) is 0 Å². The van der Waals surface area contributed by atoms with E-state index in [9.17, 15) is 0 Å². The van der Waals surface area contributed by atoms with E-state index in [0.29, 0.717) is 0 Å². The number of hydrogen-bond donors (Lipinski definition) is 0. The van der Waals surface area contributed by atoms with Gasteiger partial charge in [-0.1, -0.05) is 127 Å². The average molecular weight is 499 g/mol. The van der Waals surface area contributed by atoms with Crippen LogP contribution in [0.4, 0.5) is 0 Å². The van der Waals surface area contributed by atoms with Gasteiger partial charge in [-0.2, -0.15) is 0 Å². The van der Waals surface area contributed by atoms with Crippen molar-refractivity contribution in [2.75, 3.05) is 0 Å².